The van der Waals surface area contributed by atoms with Crippen molar-refractivity contribution in [3.8, 4) is 5.75 Å². The second-order valence-corrected chi connectivity index (χ2v) is 7.51. The molecule has 1 N–H and O–H groups in total. The molecule has 3 heterocycles. The largest absolute Gasteiger partial charge is 0.485 e. The van der Waals surface area contributed by atoms with Gasteiger partial charge in [-0.15, -0.1) is 0 Å². The molecule has 0 aliphatic carbocycles. The number of rotatable bonds is 4. The zero-order valence-electron chi connectivity index (χ0n) is 17.1. The number of pyridine rings is 1. The molecule has 0 saturated heterocycles. The van der Waals surface area contributed by atoms with Crippen molar-refractivity contribution >= 4 is 11.7 Å². The van der Waals surface area contributed by atoms with Crippen LogP contribution >= 0.6 is 0 Å². The molecule has 1 amide bonds. The summed E-state index contributed by atoms with van der Waals surface area (Å²) in [5.41, 5.74) is 0.742. The molecule has 156 valence electrons. The van der Waals surface area contributed by atoms with Crippen LogP contribution in [0.2, 0.25) is 0 Å². The van der Waals surface area contributed by atoms with Crippen LogP contribution in [0.15, 0.2) is 54.9 Å². The van der Waals surface area contributed by atoms with E-state index in [0.29, 0.717) is 18.1 Å². The Morgan fingerprint density at radius 3 is 2.73 bits per heavy atom. The Balaban J connectivity index is 1.52. The summed E-state index contributed by atoms with van der Waals surface area (Å²) in [6.45, 7) is 4.23. The summed E-state index contributed by atoms with van der Waals surface area (Å²) in [5, 5.41) is 7.07. The first kappa shape index (κ1) is 19.9. The lowest BCUT2D eigenvalue weighted by atomic mass is 10.0. The molecule has 0 spiro atoms. The summed E-state index contributed by atoms with van der Waals surface area (Å²) in [5.74, 6) is 0.122. The molecule has 1 aromatic carbocycles. The number of carbonyl (C=O) groups excluding carboxylic acids is 1. The number of hydrogen-bond donors (Lipinski definition) is 1. The Morgan fingerprint density at radius 2 is 1.97 bits per heavy atom. The van der Waals surface area contributed by atoms with Gasteiger partial charge in [0.25, 0.3) is 5.91 Å². The van der Waals surface area contributed by atoms with Gasteiger partial charge in [-0.3, -0.25) is 9.48 Å². The van der Waals surface area contributed by atoms with Gasteiger partial charge in [0.2, 0.25) is 0 Å². The maximum atomic E-state index is 14.5. The van der Waals surface area contributed by atoms with Crippen LogP contribution in [0.1, 0.15) is 29.9 Å². The Morgan fingerprint density at radius 1 is 1.20 bits per heavy atom. The van der Waals surface area contributed by atoms with Gasteiger partial charge in [0.05, 0.1) is 24.8 Å². The number of likely N-dealkylation sites (N-methyl/N-ethyl adjacent to an activating group) is 1. The second-order valence-electron chi connectivity index (χ2n) is 7.51. The van der Waals surface area contributed by atoms with Gasteiger partial charge in [0, 0.05) is 13.2 Å². The van der Waals surface area contributed by atoms with E-state index in [4.69, 9.17) is 4.74 Å². The smallest absolute Gasteiger partial charge is 0.275 e. The highest BCUT2D eigenvalue weighted by Gasteiger charge is 2.35. The third-order valence-corrected chi connectivity index (χ3v) is 5.45. The van der Waals surface area contributed by atoms with Crippen LogP contribution in [-0.2, 0) is 6.54 Å². The van der Waals surface area contributed by atoms with E-state index in [-0.39, 0.29) is 17.8 Å². The van der Waals surface area contributed by atoms with Crippen molar-refractivity contribution < 1.29 is 13.9 Å². The summed E-state index contributed by atoms with van der Waals surface area (Å²) < 4.78 is 21.9. The maximum absolute atomic E-state index is 14.5. The summed E-state index contributed by atoms with van der Waals surface area (Å²) in [4.78, 5) is 19.2. The third kappa shape index (κ3) is 3.85. The lowest BCUT2D eigenvalue weighted by Gasteiger charge is -2.32. The van der Waals surface area contributed by atoms with Crippen LogP contribution in [0.25, 0.3) is 0 Å². The molecule has 30 heavy (non-hydrogen) atoms. The van der Waals surface area contributed by atoms with Crippen molar-refractivity contribution in [2.45, 2.75) is 38.6 Å². The summed E-state index contributed by atoms with van der Waals surface area (Å²) in [6, 6.07) is 12.7. The number of nitrogens with one attached hydrogen (secondary N) is 1. The van der Waals surface area contributed by atoms with Crippen LogP contribution < -0.4 is 15.0 Å². The molecule has 4 rings (SSSR count). The molecule has 0 fully saturated rings. The van der Waals surface area contributed by atoms with E-state index >= 15 is 0 Å². The molecular formula is C22H24FN5O2. The first-order valence-electron chi connectivity index (χ1n) is 9.86. The predicted octanol–water partition coefficient (Wildman–Crippen LogP) is 2.87. The van der Waals surface area contributed by atoms with Crippen LogP contribution in [0.5, 0.6) is 5.75 Å². The molecule has 1 unspecified atom stereocenters. The van der Waals surface area contributed by atoms with Crippen LogP contribution in [0.3, 0.4) is 0 Å². The standard InChI is InChI=1S/C22H24FN5O2/c1-14-19(15(2)30-18-10-7-11-24-21(18)27(14)3)25-22(29)20-17(23)13-28(26-20)12-16-8-5-4-6-9-16/h4-11,13-15,19H,12H2,1-3H3,(H,25,29)/t14?,15-,19-/m1/s1. The highest BCUT2D eigenvalue weighted by Crippen LogP contribution is 2.31. The molecular weight excluding hydrogens is 385 g/mol. The number of ether oxygens (including phenoxy) is 1. The summed E-state index contributed by atoms with van der Waals surface area (Å²) in [7, 11) is 1.90. The Hall–Kier alpha value is -3.42. The van der Waals surface area contributed by atoms with Crippen molar-refractivity contribution in [2.24, 2.45) is 0 Å². The number of carbonyl (C=O) groups is 1. The lowest BCUT2D eigenvalue weighted by molar-refractivity contribution is 0.0866. The number of anilines is 1. The Kier molecular flexibility index (Phi) is 5.39. The van der Waals surface area contributed by atoms with Crippen molar-refractivity contribution in [2.75, 3.05) is 11.9 Å². The Labute approximate surface area is 174 Å². The van der Waals surface area contributed by atoms with Crippen molar-refractivity contribution in [1.29, 1.82) is 0 Å². The topological polar surface area (TPSA) is 72.3 Å². The number of fused-ring (bicyclic) bond motifs is 1. The monoisotopic (exact) mass is 409 g/mol. The van der Waals surface area contributed by atoms with Crippen LogP contribution in [0, 0.1) is 5.82 Å². The number of nitrogens with zero attached hydrogens (tertiary/aromatic N) is 4. The molecule has 7 nitrogen and oxygen atoms in total. The zero-order chi connectivity index (χ0) is 21.3. The fraction of sp³-hybridized carbons (Fsp3) is 0.318. The number of amides is 1. The van der Waals surface area contributed by atoms with Gasteiger partial charge in [-0.2, -0.15) is 5.10 Å². The summed E-state index contributed by atoms with van der Waals surface area (Å²) in [6.07, 6.45) is 2.60. The molecule has 0 bridgehead atoms. The van der Waals surface area contributed by atoms with Gasteiger partial charge in [-0.25, -0.2) is 9.37 Å². The van der Waals surface area contributed by atoms with E-state index in [1.165, 1.54) is 10.9 Å². The first-order chi connectivity index (χ1) is 14.4. The highest BCUT2D eigenvalue weighted by atomic mass is 19.1. The average Bonchev–Trinajstić information content (AvgIpc) is 3.08. The molecule has 1 aliphatic rings. The molecule has 0 saturated carbocycles. The van der Waals surface area contributed by atoms with Gasteiger partial charge in [-0.1, -0.05) is 30.3 Å². The van der Waals surface area contributed by atoms with Crippen molar-refractivity contribution in [1.82, 2.24) is 20.1 Å². The first-order valence-corrected chi connectivity index (χ1v) is 9.86. The minimum absolute atomic E-state index is 0.130. The number of hydrogen-bond acceptors (Lipinski definition) is 5. The fourth-order valence-corrected chi connectivity index (χ4v) is 3.70. The predicted molar refractivity (Wildman–Crippen MR) is 111 cm³/mol. The van der Waals surface area contributed by atoms with E-state index in [1.54, 1.807) is 12.3 Å². The van der Waals surface area contributed by atoms with E-state index in [0.717, 1.165) is 5.56 Å². The SMILES string of the molecule is CC1[C@@H](NC(=O)c2nn(Cc3ccccc3)cc2F)[C@@H](C)Oc2cccnc2N1C. The Bertz CT molecular complexity index is 1040. The van der Waals surface area contributed by atoms with Crippen LogP contribution in [0.4, 0.5) is 10.2 Å². The molecule has 8 heteroatoms. The van der Waals surface area contributed by atoms with Gasteiger partial charge < -0.3 is 15.0 Å². The van der Waals surface area contributed by atoms with Gasteiger partial charge in [0.1, 0.15) is 6.10 Å². The fourth-order valence-electron chi connectivity index (χ4n) is 3.70. The molecule has 3 atom stereocenters. The summed E-state index contributed by atoms with van der Waals surface area (Å²) >= 11 is 0. The molecule has 0 radical (unpaired) electrons. The van der Waals surface area contributed by atoms with Crippen molar-refractivity contribution in [3.05, 3.63) is 71.9 Å². The van der Waals surface area contributed by atoms with Crippen molar-refractivity contribution in [3.63, 3.8) is 0 Å². The van der Waals surface area contributed by atoms with E-state index < -0.39 is 17.8 Å². The number of aromatic nitrogens is 3. The third-order valence-electron chi connectivity index (χ3n) is 5.45. The molecule has 2 aromatic heterocycles. The van der Waals surface area contributed by atoms with E-state index in [2.05, 4.69) is 15.4 Å². The highest BCUT2D eigenvalue weighted by molar-refractivity contribution is 5.92. The maximum Gasteiger partial charge on any atom is 0.275 e. The second kappa shape index (κ2) is 8.14. The van der Waals surface area contributed by atoms with E-state index in [9.17, 15) is 9.18 Å². The quantitative estimate of drug-likeness (QED) is 0.717. The minimum atomic E-state index is -0.656. The molecule has 3 aromatic rings. The average molecular weight is 409 g/mol. The van der Waals surface area contributed by atoms with E-state index in [1.807, 2.05) is 62.2 Å². The van der Waals surface area contributed by atoms with Gasteiger partial charge in [0.15, 0.2) is 23.1 Å². The minimum Gasteiger partial charge on any atom is -0.485 e. The molecule has 1 aliphatic heterocycles. The lowest BCUT2D eigenvalue weighted by Crippen LogP contribution is -2.54. The zero-order valence-corrected chi connectivity index (χ0v) is 17.1. The number of halogens is 1. The van der Waals surface area contributed by atoms with Gasteiger partial charge >= 0.3 is 0 Å². The van der Waals surface area contributed by atoms with Crippen LogP contribution in [-0.4, -0.2) is 45.9 Å². The van der Waals surface area contributed by atoms with Gasteiger partial charge in [-0.05, 0) is 31.5 Å². The normalized spacial score (nSPS) is 20.8. The number of benzene rings is 1.